The number of rotatable bonds is 4. The van der Waals surface area contributed by atoms with Crippen LogP contribution < -0.4 is 5.32 Å². The van der Waals surface area contributed by atoms with Crippen LogP contribution in [0.15, 0.2) is 22.8 Å². The Morgan fingerprint density at radius 3 is 2.78 bits per heavy atom. The van der Waals surface area contributed by atoms with Crippen molar-refractivity contribution in [3.63, 3.8) is 0 Å². The largest absolute Gasteiger partial charge is 0.308 e. The highest BCUT2D eigenvalue weighted by molar-refractivity contribution is 9.10. The van der Waals surface area contributed by atoms with Gasteiger partial charge in [-0.05, 0) is 35.0 Å². The molecule has 1 aromatic heterocycles. The summed E-state index contributed by atoms with van der Waals surface area (Å²) in [5.41, 5.74) is 0.0469. The zero-order valence-electron chi connectivity index (χ0n) is 9.64. The van der Waals surface area contributed by atoms with Gasteiger partial charge in [0.15, 0.2) is 0 Å². The molecule has 1 N–H and O–H groups in total. The summed E-state index contributed by atoms with van der Waals surface area (Å²) in [4.78, 5) is 5.16. The summed E-state index contributed by atoms with van der Waals surface area (Å²) in [6, 6.07) is 2.61. The van der Waals surface area contributed by atoms with E-state index in [2.05, 4.69) is 26.2 Å². The number of halogens is 3. The highest BCUT2D eigenvalue weighted by Crippen LogP contribution is 2.21. The molecule has 0 bridgehead atoms. The van der Waals surface area contributed by atoms with Gasteiger partial charge < -0.3 is 5.32 Å². The van der Waals surface area contributed by atoms with Gasteiger partial charge in [-0.3, -0.25) is 0 Å². The summed E-state index contributed by atoms with van der Waals surface area (Å²) >= 11 is 4.61. The molecule has 0 atom stereocenters. The van der Waals surface area contributed by atoms with Gasteiger partial charge in [0.1, 0.15) is 11.6 Å². The molecule has 0 aliphatic rings. The maximum absolute atomic E-state index is 13.7. The lowest BCUT2D eigenvalue weighted by Crippen LogP contribution is -2.14. The number of nitrogens with one attached hydrogen (secondary N) is 1. The third kappa shape index (κ3) is 3.13. The average Bonchev–Trinajstić information content (AvgIpc) is 2.74. The molecule has 0 spiro atoms. The lowest BCUT2D eigenvalue weighted by molar-refractivity contribution is 0.532. The minimum absolute atomic E-state index is 0.0469. The van der Waals surface area contributed by atoms with Gasteiger partial charge in [0.25, 0.3) is 0 Å². The fourth-order valence-corrected chi connectivity index (χ4v) is 2.66. The standard InChI is InChI=1S/C12H11BrF2N2S/c1-7-17-5-8(18-7)4-16-6-9-11(14)3-2-10(13)12(9)15/h2-3,5,16H,4,6H2,1H3. The molecule has 1 heterocycles. The van der Waals surface area contributed by atoms with E-state index in [-0.39, 0.29) is 16.6 Å². The van der Waals surface area contributed by atoms with Crippen LogP contribution >= 0.6 is 27.3 Å². The Balaban J connectivity index is 2.00. The first-order valence-electron chi connectivity index (χ1n) is 5.32. The normalized spacial score (nSPS) is 10.9. The van der Waals surface area contributed by atoms with Crippen LogP contribution in [0, 0.1) is 18.6 Å². The van der Waals surface area contributed by atoms with Gasteiger partial charge in [0.05, 0.1) is 9.48 Å². The summed E-state index contributed by atoms with van der Waals surface area (Å²) in [7, 11) is 0. The summed E-state index contributed by atoms with van der Waals surface area (Å²) in [6.07, 6.45) is 1.76. The molecule has 2 rings (SSSR count). The second-order valence-electron chi connectivity index (χ2n) is 3.77. The van der Waals surface area contributed by atoms with Crippen molar-refractivity contribution in [2.75, 3.05) is 0 Å². The molecule has 2 aromatic rings. The van der Waals surface area contributed by atoms with E-state index >= 15 is 0 Å². The number of benzene rings is 1. The smallest absolute Gasteiger partial charge is 0.144 e. The first kappa shape index (κ1) is 13.6. The van der Waals surface area contributed by atoms with Crippen LogP contribution in [0.25, 0.3) is 0 Å². The molecule has 96 valence electrons. The molecular formula is C12H11BrF2N2S. The van der Waals surface area contributed by atoms with E-state index in [1.807, 2.05) is 6.92 Å². The van der Waals surface area contributed by atoms with Crippen molar-refractivity contribution in [3.05, 3.63) is 49.9 Å². The topological polar surface area (TPSA) is 24.9 Å². The first-order chi connectivity index (χ1) is 8.58. The summed E-state index contributed by atoms with van der Waals surface area (Å²) in [5.74, 6) is -1.09. The third-order valence-corrected chi connectivity index (χ3v) is 3.93. The number of nitrogens with zero attached hydrogens (tertiary/aromatic N) is 1. The Kier molecular flexibility index (Phi) is 4.42. The predicted octanol–water partition coefficient (Wildman–Crippen LogP) is 3.78. The van der Waals surface area contributed by atoms with Crippen molar-refractivity contribution in [1.29, 1.82) is 0 Å². The van der Waals surface area contributed by atoms with Gasteiger partial charge >= 0.3 is 0 Å². The number of hydrogen-bond donors (Lipinski definition) is 1. The van der Waals surface area contributed by atoms with Crippen LogP contribution in [0.3, 0.4) is 0 Å². The SMILES string of the molecule is Cc1ncc(CNCc2c(F)ccc(Br)c2F)s1. The van der Waals surface area contributed by atoms with Crippen molar-refractivity contribution in [2.24, 2.45) is 0 Å². The number of thiazole rings is 1. The first-order valence-corrected chi connectivity index (χ1v) is 6.93. The zero-order valence-corrected chi connectivity index (χ0v) is 12.0. The van der Waals surface area contributed by atoms with E-state index in [1.165, 1.54) is 12.1 Å². The molecule has 0 aliphatic heterocycles. The van der Waals surface area contributed by atoms with Crippen LogP contribution in [0.4, 0.5) is 8.78 Å². The van der Waals surface area contributed by atoms with Crippen molar-refractivity contribution >= 4 is 27.3 Å². The second kappa shape index (κ2) is 5.86. The van der Waals surface area contributed by atoms with Crippen LogP contribution in [0.1, 0.15) is 15.4 Å². The highest BCUT2D eigenvalue weighted by Gasteiger charge is 2.11. The van der Waals surface area contributed by atoms with Gasteiger partial charge in [0, 0.05) is 29.7 Å². The molecular weight excluding hydrogens is 322 g/mol. The molecule has 2 nitrogen and oxygen atoms in total. The molecule has 0 aliphatic carbocycles. The molecule has 0 saturated heterocycles. The van der Waals surface area contributed by atoms with E-state index in [0.717, 1.165) is 9.88 Å². The fraction of sp³-hybridized carbons (Fsp3) is 0.250. The average molecular weight is 333 g/mol. The minimum atomic E-state index is -0.553. The fourth-order valence-electron chi connectivity index (χ4n) is 1.53. The van der Waals surface area contributed by atoms with Crippen LogP contribution in [0.2, 0.25) is 0 Å². The Bertz CT molecular complexity index is 557. The summed E-state index contributed by atoms with van der Waals surface area (Å²) in [6.45, 7) is 2.62. The van der Waals surface area contributed by atoms with Crippen molar-refractivity contribution in [1.82, 2.24) is 10.3 Å². The molecule has 0 radical (unpaired) electrons. The lowest BCUT2D eigenvalue weighted by Gasteiger charge is -2.07. The number of hydrogen-bond acceptors (Lipinski definition) is 3. The molecule has 18 heavy (non-hydrogen) atoms. The van der Waals surface area contributed by atoms with Gasteiger partial charge in [0.2, 0.25) is 0 Å². The van der Waals surface area contributed by atoms with Gasteiger partial charge in [-0.1, -0.05) is 0 Å². The van der Waals surface area contributed by atoms with Gasteiger partial charge in [-0.25, -0.2) is 13.8 Å². The van der Waals surface area contributed by atoms with Crippen LogP contribution in [-0.4, -0.2) is 4.98 Å². The predicted molar refractivity (Wildman–Crippen MR) is 71.5 cm³/mol. The summed E-state index contributed by atoms with van der Waals surface area (Å²) in [5, 5.41) is 3.99. The van der Waals surface area contributed by atoms with Crippen molar-refractivity contribution < 1.29 is 8.78 Å². The molecule has 1 aromatic carbocycles. The van der Waals surface area contributed by atoms with Gasteiger partial charge in [-0.15, -0.1) is 11.3 Å². The lowest BCUT2D eigenvalue weighted by atomic mass is 10.2. The quantitative estimate of drug-likeness (QED) is 0.862. The zero-order chi connectivity index (χ0) is 13.1. The maximum Gasteiger partial charge on any atom is 0.144 e. The third-order valence-electron chi connectivity index (χ3n) is 2.41. The van der Waals surface area contributed by atoms with Crippen molar-refractivity contribution in [3.8, 4) is 0 Å². The molecule has 0 amide bonds. The molecule has 0 unspecified atom stereocenters. The highest BCUT2D eigenvalue weighted by atomic mass is 79.9. The van der Waals surface area contributed by atoms with Crippen LogP contribution in [0.5, 0.6) is 0 Å². The Labute approximate surface area is 116 Å². The van der Waals surface area contributed by atoms with Gasteiger partial charge in [-0.2, -0.15) is 0 Å². The minimum Gasteiger partial charge on any atom is -0.308 e. The Morgan fingerprint density at radius 2 is 2.11 bits per heavy atom. The number of aromatic nitrogens is 1. The summed E-state index contributed by atoms with van der Waals surface area (Å²) < 4.78 is 27.4. The molecule has 0 saturated carbocycles. The second-order valence-corrected chi connectivity index (χ2v) is 5.94. The van der Waals surface area contributed by atoms with E-state index in [0.29, 0.717) is 6.54 Å². The van der Waals surface area contributed by atoms with E-state index in [1.54, 1.807) is 17.5 Å². The Morgan fingerprint density at radius 1 is 1.33 bits per heavy atom. The van der Waals surface area contributed by atoms with Crippen LogP contribution in [-0.2, 0) is 13.1 Å². The van der Waals surface area contributed by atoms with E-state index in [4.69, 9.17) is 0 Å². The van der Waals surface area contributed by atoms with E-state index in [9.17, 15) is 8.78 Å². The van der Waals surface area contributed by atoms with Crippen molar-refractivity contribution in [2.45, 2.75) is 20.0 Å². The Hall–Kier alpha value is -0.850. The monoisotopic (exact) mass is 332 g/mol. The maximum atomic E-state index is 13.7. The number of aryl methyl sites for hydroxylation is 1. The molecule has 0 fully saturated rings. The van der Waals surface area contributed by atoms with E-state index < -0.39 is 11.6 Å². The molecule has 6 heteroatoms.